The number of hydrogen-bond acceptors (Lipinski definition) is 3. The number of methoxy groups -OCH3 is 1. The van der Waals surface area contributed by atoms with Crippen LogP contribution in [-0.4, -0.2) is 37.9 Å². The summed E-state index contributed by atoms with van der Waals surface area (Å²) in [6, 6.07) is 0. The Balaban J connectivity index is 2.79. The fourth-order valence-corrected chi connectivity index (χ4v) is 3.34. The average molecular weight is 363 g/mol. The fourth-order valence-electron chi connectivity index (χ4n) is 1.70. The number of rotatable bonds is 6. The van der Waals surface area contributed by atoms with Crippen LogP contribution in [0, 0.1) is 6.92 Å². The lowest BCUT2D eigenvalue weighted by molar-refractivity contribution is 0.0586. The minimum atomic E-state index is -1.80. The van der Waals surface area contributed by atoms with Gasteiger partial charge >= 0.3 is 0 Å². The molecule has 1 heterocycles. The van der Waals surface area contributed by atoms with Gasteiger partial charge in [-0.25, -0.2) is 0 Å². The zero-order chi connectivity index (χ0) is 15.6. The van der Waals surface area contributed by atoms with E-state index in [0.29, 0.717) is 13.2 Å². The molecule has 0 aliphatic rings. The highest BCUT2D eigenvalue weighted by Gasteiger charge is 2.39. The minimum absolute atomic E-state index is 0.0343. The third-order valence-corrected chi connectivity index (χ3v) is 9.21. The highest BCUT2D eigenvalue weighted by Crippen LogP contribution is 2.37. The van der Waals surface area contributed by atoms with Crippen molar-refractivity contribution in [3.05, 3.63) is 16.4 Å². The van der Waals surface area contributed by atoms with Gasteiger partial charge in [-0.3, -0.25) is 4.68 Å². The van der Waals surface area contributed by atoms with Crippen LogP contribution in [0.1, 0.15) is 26.5 Å². The van der Waals surface area contributed by atoms with Gasteiger partial charge in [-0.1, -0.05) is 20.8 Å². The highest BCUT2D eigenvalue weighted by molar-refractivity contribution is 9.10. The summed E-state index contributed by atoms with van der Waals surface area (Å²) in [4.78, 5) is 0. The second-order valence-corrected chi connectivity index (χ2v) is 12.4. The van der Waals surface area contributed by atoms with Gasteiger partial charge in [0.25, 0.3) is 0 Å². The maximum absolute atomic E-state index is 6.43. The Morgan fingerprint density at radius 2 is 2.00 bits per heavy atom. The first-order valence-corrected chi connectivity index (χ1v) is 10.6. The molecule has 0 saturated carbocycles. The second-order valence-electron chi connectivity index (χ2n) is 6.74. The third-order valence-electron chi connectivity index (χ3n) is 3.90. The van der Waals surface area contributed by atoms with Gasteiger partial charge in [-0.15, -0.1) is 0 Å². The van der Waals surface area contributed by atoms with E-state index in [4.69, 9.17) is 9.16 Å². The van der Waals surface area contributed by atoms with Crippen molar-refractivity contribution < 1.29 is 9.16 Å². The molecule has 0 aromatic carbocycles. The predicted molar refractivity (Wildman–Crippen MR) is 88.6 cm³/mol. The topological polar surface area (TPSA) is 36.3 Å². The molecule has 0 saturated heterocycles. The van der Waals surface area contributed by atoms with Gasteiger partial charge in [0.2, 0.25) is 0 Å². The number of hydrogen-bond donors (Lipinski definition) is 0. The van der Waals surface area contributed by atoms with Gasteiger partial charge < -0.3 is 9.16 Å². The predicted octanol–water partition coefficient (Wildman–Crippen LogP) is 3.99. The molecular weight excluding hydrogens is 336 g/mol. The first kappa shape index (κ1) is 17.9. The number of halogens is 1. The number of aromatic nitrogens is 2. The van der Waals surface area contributed by atoms with Crippen molar-refractivity contribution in [2.75, 3.05) is 13.7 Å². The molecule has 0 unspecified atom stereocenters. The van der Waals surface area contributed by atoms with Crippen LogP contribution in [0.5, 0.6) is 0 Å². The van der Waals surface area contributed by atoms with Gasteiger partial charge in [0.1, 0.15) is 0 Å². The third kappa shape index (κ3) is 4.68. The van der Waals surface area contributed by atoms with Crippen molar-refractivity contribution in [2.24, 2.45) is 0 Å². The average Bonchev–Trinajstić information content (AvgIpc) is 2.55. The number of aryl methyl sites for hydroxylation is 1. The summed E-state index contributed by atoms with van der Waals surface area (Å²) >= 11 is 3.49. The van der Waals surface area contributed by atoms with Crippen LogP contribution in [0.3, 0.4) is 0 Å². The fraction of sp³-hybridized carbons (Fsp3) is 0.786. The Hall–Kier alpha value is -0.173. The Kier molecular flexibility index (Phi) is 6.01. The van der Waals surface area contributed by atoms with Crippen LogP contribution in [0.2, 0.25) is 18.1 Å². The molecule has 20 heavy (non-hydrogen) atoms. The van der Waals surface area contributed by atoms with Crippen molar-refractivity contribution in [1.82, 2.24) is 9.78 Å². The lowest BCUT2D eigenvalue weighted by Gasteiger charge is -2.39. The summed E-state index contributed by atoms with van der Waals surface area (Å²) in [6.45, 7) is 14.6. The molecule has 0 aliphatic heterocycles. The summed E-state index contributed by atoms with van der Waals surface area (Å²) in [5.74, 6) is 0. The minimum Gasteiger partial charge on any atom is -0.410 e. The van der Waals surface area contributed by atoms with Crippen LogP contribution in [0.25, 0.3) is 0 Å². The highest BCUT2D eigenvalue weighted by atomic mass is 79.9. The first-order valence-electron chi connectivity index (χ1n) is 6.93. The van der Waals surface area contributed by atoms with E-state index in [1.165, 1.54) is 0 Å². The molecule has 0 bridgehead atoms. The van der Waals surface area contributed by atoms with E-state index in [9.17, 15) is 0 Å². The van der Waals surface area contributed by atoms with Crippen molar-refractivity contribution in [2.45, 2.75) is 58.5 Å². The number of ether oxygens (including phenoxy) is 1. The van der Waals surface area contributed by atoms with Crippen molar-refractivity contribution in [3.8, 4) is 0 Å². The molecule has 0 spiro atoms. The number of nitrogens with zero attached hydrogens (tertiary/aromatic N) is 2. The summed E-state index contributed by atoms with van der Waals surface area (Å²) in [5, 5.41) is 4.67. The van der Waals surface area contributed by atoms with E-state index in [0.717, 1.165) is 10.2 Å². The monoisotopic (exact) mass is 362 g/mol. The standard InChI is InChI=1S/C14H27BrN2O2Si/c1-11-13(15)9-17(16-11)8-12(10-18-5)19-20(6,7)14(2,3)4/h9,12H,8,10H2,1-7H3/t12-/m1/s1. The summed E-state index contributed by atoms with van der Waals surface area (Å²) in [7, 11) is -0.0842. The Labute approximate surface area is 132 Å². The quantitative estimate of drug-likeness (QED) is 0.717. The smallest absolute Gasteiger partial charge is 0.192 e. The Bertz CT molecular complexity index is 421. The van der Waals surface area contributed by atoms with E-state index in [1.807, 2.05) is 17.8 Å². The summed E-state index contributed by atoms with van der Waals surface area (Å²) in [6.07, 6.45) is 2.03. The lowest BCUT2D eigenvalue weighted by Crippen LogP contribution is -2.46. The van der Waals surface area contributed by atoms with Gasteiger partial charge in [-0.2, -0.15) is 5.10 Å². The van der Waals surface area contributed by atoms with E-state index < -0.39 is 8.32 Å². The summed E-state index contributed by atoms with van der Waals surface area (Å²) < 4.78 is 14.7. The lowest BCUT2D eigenvalue weighted by atomic mass is 10.2. The van der Waals surface area contributed by atoms with E-state index in [1.54, 1.807) is 7.11 Å². The second kappa shape index (κ2) is 6.73. The van der Waals surface area contributed by atoms with Gasteiger partial charge in [0, 0.05) is 13.3 Å². The van der Waals surface area contributed by atoms with Crippen LogP contribution in [0.4, 0.5) is 0 Å². The molecule has 4 nitrogen and oxygen atoms in total. The maximum atomic E-state index is 6.43. The largest absolute Gasteiger partial charge is 0.410 e. The van der Waals surface area contributed by atoms with Crippen LogP contribution >= 0.6 is 15.9 Å². The molecule has 0 aliphatic carbocycles. The van der Waals surface area contributed by atoms with Crippen LogP contribution in [-0.2, 0) is 15.7 Å². The van der Waals surface area contributed by atoms with Crippen molar-refractivity contribution >= 4 is 24.2 Å². The Morgan fingerprint density at radius 1 is 1.40 bits per heavy atom. The van der Waals surface area contributed by atoms with Crippen LogP contribution in [0.15, 0.2) is 10.7 Å². The van der Waals surface area contributed by atoms with E-state index in [2.05, 4.69) is 54.9 Å². The molecule has 0 amide bonds. The zero-order valence-corrected chi connectivity index (χ0v) is 16.2. The van der Waals surface area contributed by atoms with E-state index in [-0.39, 0.29) is 11.1 Å². The van der Waals surface area contributed by atoms with E-state index >= 15 is 0 Å². The molecule has 1 atom stereocenters. The van der Waals surface area contributed by atoms with Gasteiger partial charge in [0.05, 0.1) is 29.4 Å². The first-order chi connectivity index (χ1) is 9.06. The van der Waals surface area contributed by atoms with Crippen molar-refractivity contribution in [1.29, 1.82) is 0 Å². The molecule has 0 radical (unpaired) electrons. The molecule has 1 aromatic rings. The Morgan fingerprint density at radius 3 is 2.40 bits per heavy atom. The molecule has 0 N–H and O–H groups in total. The zero-order valence-electron chi connectivity index (χ0n) is 13.7. The van der Waals surface area contributed by atoms with Crippen molar-refractivity contribution in [3.63, 3.8) is 0 Å². The molecule has 116 valence electrons. The molecule has 6 heteroatoms. The molecule has 1 aromatic heterocycles. The molecular formula is C14H27BrN2O2Si. The SMILES string of the molecule is COC[C@@H](Cn1cc(Br)c(C)n1)O[Si](C)(C)C(C)(C)C. The van der Waals surface area contributed by atoms with Gasteiger partial charge in [-0.05, 0) is 41.0 Å². The normalized spacial score (nSPS) is 14.6. The molecule has 0 fully saturated rings. The van der Waals surface area contributed by atoms with Gasteiger partial charge in [0.15, 0.2) is 8.32 Å². The van der Waals surface area contributed by atoms with Crippen LogP contribution < -0.4 is 0 Å². The summed E-state index contributed by atoms with van der Waals surface area (Å²) in [5.41, 5.74) is 0.994. The molecule has 1 rings (SSSR count). The maximum Gasteiger partial charge on any atom is 0.192 e.